The zero-order valence-electron chi connectivity index (χ0n) is 13.9. The highest BCUT2D eigenvalue weighted by atomic mass is 32.2. The molecule has 0 saturated heterocycles. The molecule has 0 fully saturated rings. The molecule has 0 saturated carbocycles. The van der Waals surface area contributed by atoms with Crippen molar-refractivity contribution in [2.24, 2.45) is 0 Å². The smallest absolute Gasteiger partial charge is 0.238 e. The summed E-state index contributed by atoms with van der Waals surface area (Å²) in [6.45, 7) is 8.28. The molecular formula is C17H22N2O3S. The van der Waals surface area contributed by atoms with Crippen LogP contribution in [0.4, 0.5) is 5.82 Å². The Morgan fingerprint density at radius 1 is 1.35 bits per heavy atom. The van der Waals surface area contributed by atoms with Gasteiger partial charge in [-0.1, -0.05) is 17.3 Å². The topological polar surface area (TPSA) is 64.4 Å². The van der Waals surface area contributed by atoms with Gasteiger partial charge in [0.2, 0.25) is 5.91 Å². The monoisotopic (exact) mass is 334 g/mol. The maximum Gasteiger partial charge on any atom is 0.238 e. The number of nitrogens with one attached hydrogen (secondary N) is 1. The number of hydrogen-bond acceptors (Lipinski definition) is 5. The van der Waals surface area contributed by atoms with Crippen molar-refractivity contribution in [3.8, 4) is 5.75 Å². The first-order valence-electron chi connectivity index (χ1n) is 7.51. The van der Waals surface area contributed by atoms with E-state index in [1.165, 1.54) is 5.56 Å². The van der Waals surface area contributed by atoms with Crippen LogP contribution >= 0.6 is 11.8 Å². The molecule has 0 aliphatic rings. The molecule has 0 radical (unpaired) electrons. The SMILES string of the molecule is Cc1ccc(C)c(OCCSC(C)C(=O)Nc2cc(C)on2)c1. The van der Waals surface area contributed by atoms with Gasteiger partial charge < -0.3 is 14.6 Å². The van der Waals surface area contributed by atoms with Gasteiger partial charge in [-0.25, -0.2) is 0 Å². The van der Waals surface area contributed by atoms with Gasteiger partial charge in [-0.2, -0.15) is 0 Å². The van der Waals surface area contributed by atoms with E-state index >= 15 is 0 Å². The fourth-order valence-corrected chi connectivity index (χ4v) is 2.71. The molecular weight excluding hydrogens is 312 g/mol. The van der Waals surface area contributed by atoms with Crippen LogP contribution in [0.3, 0.4) is 0 Å². The average Bonchev–Trinajstić information content (AvgIpc) is 2.91. The van der Waals surface area contributed by atoms with Crippen LogP contribution in [0.25, 0.3) is 0 Å². The van der Waals surface area contributed by atoms with Crippen LogP contribution in [-0.4, -0.2) is 28.7 Å². The number of aromatic nitrogens is 1. The summed E-state index contributed by atoms with van der Waals surface area (Å²) in [6.07, 6.45) is 0. The van der Waals surface area contributed by atoms with E-state index in [0.29, 0.717) is 18.2 Å². The second kappa shape index (κ2) is 8.06. The molecule has 1 amide bonds. The Morgan fingerprint density at radius 2 is 2.13 bits per heavy atom. The molecule has 1 atom stereocenters. The standard InChI is InChI=1S/C17H22N2O3S/c1-11-5-6-12(2)15(9-11)21-7-8-23-14(4)17(20)18-16-10-13(3)22-19-16/h5-6,9-10,14H,7-8H2,1-4H3,(H,18,19,20). The Kier molecular flexibility index (Phi) is 6.10. The number of aryl methyl sites for hydroxylation is 3. The van der Waals surface area contributed by atoms with Crippen molar-refractivity contribution in [1.82, 2.24) is 5.16 Å². The third-order valence-corrected chi connectivity index (χ3v) is 4.42. The highest BCUT2D eigenvalue weighted by Crippen LogP contribution is 2.20. The number of hydrogen-bond donors (Lipinski definition) is 1. The maximum atomic E-state index is 12.0. The largest absolute Gasteiger partial charge is 0.492 e. The highest BCUT2D eigenvalue weighted by molar-refractivity contribution is 8.00. The number of carbonyl (C=O) groups is 1. The predicted octanol–water partition coefficient (Wildman–Crippen LogP) is 3.74. The fraction of sp³-hybridized carbons (Fsp3) is 0.412. The summed E-state index contributed by atoms with van der Waals surface area (Å²) in [5, 5.41) is 6.30. The number of benzene rings is 1. The van der Waals surface area contributed by atoms with E-state index in [1.807, 2.05) is 32.9 Å². The maximum absolute atomic E-state index is 12.0. The Bertz CT molecular complexity index is 670. The highest BCUT2D eigenvalue weighted by Gasteiger charge is 2.15. The second-order valence-corrected chi connectivity index (χ2v) is 6.89. The average molecular weight is 334 g/mol. The Hall–Kier alpha value is -1.95. The van der Waals surface area contributed by atoms with Gasteiger partial charge in [-0.05, 0) is 44.9 Å². The van der Waals surface area contributed by atoms with Crippen LogP contribution in [0.15, 0.2) is 28.8 Å². The molecule has 2 rings (SSSR count). The molecule has 1 N–H and O–H groups in total. The van der Waals surface area contributed by atoms with E-state index in [0.717, 1.165) is 17.1 Å². The first-order valence-corrected chi connectivity index (χ1v) is 8.56. The molecule has 2 aromatic rings. The molecule has 0 bridgehead atoms. The first kappa shape index (κ1) is 17.4. The Labute approximate surface area is 140 Å². The molecule has 5 nitrogen and oxygen atoms in total. The summed E-state index contributed by atoms with van der Waals surface area (Å²) < 4.78 is 10.7. The van der Waals surface area contributed by atoms with E-state index in [2.05, 4.69) is 16.5 Å². The van der Waals surface area contributed by atoms with Crippen molar-refractivity contribution < 1.29 is 14.1 Å². The summed E-state index contributed by atoms with van der Waals surface area (Å²) in [6, 6.07) is 7.84. The number of thioether (sulfide) groups is 1. The molecule has 0 aliphatic carbocycles. The molecule has 1 heterocycles. The summed E-state index contributed by atoms with van der Waals surface area (Å²) in [7, 11) is 0. The van der Waals surface area contributed by atoms with Crippen molar-refractivity contribution in [1.29, 1.82) is 0 Å². The predicted molar refractivity (Wildman–Crippen MR) is 93.2 cm³/mol. The second-order valence-electron chi connectivity index (χ2n) is 5.44. The number of amides is 1. The lowest BCUT2D eigenvalue weighted by Crippen LogP contribution is -2.23. The molecule has 0 spiro atoms. The van der Waals surface area contributed by atoms with Gasteiger partial charge in [0.1, 0.15) is 11.5 Å². The quantitative estimate of drug-likeness (QED) is 0.782. The zero-order valence-corrected chi connectivity index (χ0v) is 14.7. The van der Waals surface area contributed by atoms with Crippen molar-refractivity contribution in [3.63, 3.8) is 0 Å². The van der Waals surface area contributed by atoms with E-state index in [-0.39, 0.29) is 11.2 Å². The lowest BCUT2D eigenvalue weighted by atomic mass is 10.1. The van der Waals surface area contributed by atoms with Crippen LogP contribution in [0.1, 0.15) is 23.8 Å². The molecule has 1 aromatic heterocycles. The lowest BCUT2D eigenvalue weighted by Gasteiger charge is -2.12. The number of anilines is 1. The van der Waals surface area contributed by atoms with Crippen molar-refractivity contribution in [2.45, 2.75) is 32.9 Å². The molecule has 1 aromatic carbocycles. The van der Waals surface area contributed by atoms with Crippen LogP contribution in [0.5, 0.6) is 5.75 Å². The summed E-state index contributed by atoms with van der Waals surface area (Å²) in [4.78, 5) is 12.0. The molecule has 1 unspecified atom stereocenters. The minimum atomic E-state index is -0.186. The number of carbonyl (C=O) groups excluding carboxylic acids is 1. The van der Waals surface area contributed by atoms with Gasteiger partial charge in [0, 0.05) is 11.8 Å². The summed E-state index contributed by atoms with van der Waals surface area (Å²) in [5.41, 5.74) is 2.29. The van der Waals surface area contributed by atoms with Gasteiger partial charge in [0.05, 0.1) is 11.9 Å². The normalized spacial score (nSPS) is 12.0. The fourth-order valence-electron chi connectivity index (χ4n) is 1.97. The zero-order chi connectivity index (χ0) is 16.8. The molecule has 6 heteroatoms. The third-order valence-electron chi connectivity index (χ3n) is 3.30. The van der Waals surface area contributed by atoms with E-state index in [9.17, 15) is 4.79 Å². The molecule has 0 aliphatic heterocycles. The number of rotatable bonds is 7. The van der Waals surface area contributed by atoms with Gasteiger partial charge in [-0.3, -0.25) is 4.79 Å². The summed E-state index contributed by atoms with van der Waals surface area (Å²) >= 11 is 1.54. The van der Waals surface area contributed by atoms with Crippen molar-refractivity contribution >= 4 is 23.5 Å². The van der Waals surface area contributed by atoms with Crippen LogP contribution in [0.2, 0.25) is 0 Å². The first-order chi connectivity index (χ1) is 11.0. The lowest BCUT2D eigenvalue weighted by molar-refractivity contribution is -0.115. The van der Waals surface area contributed by atoms with E-state index < -0.39 is 0 Å². The minimum Gasteiger partial charge on any atom is -0.492 e. The van der Waals surface area contributed by atoms with Crippen molar-refractivity contribution in [3.05, 3.63) is 41.2 Å². The van der Waals surface area contributed by atoms with Gasteiger partial charge in [0.25, 0.3) is 0 Å². The minimum absolute atomic E-state index is 0.0879. The van der Waals surface area contributed by atoms with Crippen LogP contribution < -0.4 is 10.1 Å². The van der Waals surface area contributed by atoms with E-state index in [4.69, 9.17) is 9.26 Å². The summed E-state index contributed by atoms with van der Waals surface area (Å²) in [5.74, 6) is 2.67. The van der Waals surface area contributed by atoms with Gasteiger partial charge >= 0.3 is 0 Å². The molecule has 23 heavy (non-hydrogen) atoms. The number of nitrogens with zero attached hydrogens (tertiary/aromatic N) is 1. The molecule has 124 valence electrons. The van der Waals surface area contributed by atoms with Gasteiger partial charge in [0.15, 0.2) is 5.82 Å². The van der Waals surface area contributed by atoms with E-state index in [1.54, 1.807) is 24.8 Å². The third kappa shape index (κ3) is 5.32. The number of ether oxygens (including phenoxy) is 1. The van der Waals surface area contributed by atoms with Crippen LogP contribution in [0, 0.1) is 20.8 Å². The Balaban J connectivity index is 1.73. The van der Waals surface area contributed by atoms with Gasteiger partial charge in [-0.15, -0.1) is 11.8 Å². The van der Waals surface area contributed by atoms with Crippen LogP contribution in [-0.2, 0) is 4.79 Å². The van der Waals surface area contributed by atoms with Crippen molar-refractivity contribution in [2.75, 3.05) is 17.7 Å². The Morgan fingerprint density at radius 3 is 2.83 bits per heavy atom.